The number of hydrogen-bond donors (Lipinski definition) is 0. The molecule has 0 aromatic heterocycles. The molecule has 4 nitrogen and oxygen atoms in total. The third-order valence-electron chi connectivity index (χ3n) is 7.56. The van der Waals surface area contributed by atoms with Gasteiger partial charge in [0.05, 0.1) is 25.2 Å². The van der Waals surface area contributed by atoms with Crippen LogP contribution in [0.2, 0.25) is 0 Å². The second-order valence-electron chi connectivity index (χ2n) is 9.86. The highest BCUT2D eigenvalue weighted by molar-refractivity contribution is 5.69. The maximum Gasteiger partial charge on any atom is 0.306 e. The summed E-state index contributed by atoms with van der Waals surface area (Å²) in [6.45, 7) is 5.00. The summed E-state index contributed by atoms with van der Waals surface area (Å²) >= 11 is 0. The lowest BCUT2D eigenvalue weighted by molar-refractivity contribution is -0.145. The van der Waals surface area contributed by atoms with Crippen LogP contribution in [0.15, 0.2) is 30.3 Å². The summed E-state index contributed by atoms with van der Waals surface area (Å²) in [6.07, 6.45) is 4.85. The molecule has 0 unspecified atom stereocenters. The number of hydrogen-bond acceptors (Lipinski definition) is 4. The van der Waals surface area contributed by atoms with Gasteiger partial charge in [0.15, 0.2) is 0 Å². The first-order valence-corrected chi connectivity index (χ1v) is 11.8. The summed E-state index contributed by atoms with van der Waals surface area (Å²) in [6, 6.07) is 9.73. The molecular weight excluding hydrogens is 400 g/mol. The zero-order chi connectivity index (χ0) is 21.9. The molecule has 2 aliphatic carbocycles. The molecule has 1 aliphatic heterocycles. The van der Waals surface area contributed by atoms with Crippen LogP contribution in [0, 0.1) is 23.2 Å². The number of rotatable bonds is 10. The number of ether oxygens (including phenoxy) is 2. The van der Waals surface area contributed by atoms with Gasteiger partial charge in [-0.3, -0.25) is 4.79 Å². The van der Waals surface area contributed by atoms with E-state index in [1.807, 2.05) is 37.3 Å². The lowest BCUT2D eigenvalue weighted by Crippen LogP contribution is -2.43. The van der Waals surface area contributed by atoms with Crippen LogP contribution in [0.25, 0.3) is 0 Å². The van der Waals surface area contributed by atoms with E-state index in [2.05, 4.69) is 4.90 Å². The number of alkyl halides is 2. The third-order valence-corrected chi connectivity index (χ3v) is 7.56. The topological polar surface area (TPSA) is 38.8 Å². The van der Waals surface area contributed by atoms with Crippen molar-refractivity contribution in [1.29, 1.82) is 0 Å². The van der Waals surface area contributed by atoms with Crippen LogP contribution in [-0.2, 0) is 20.9 Å². The Labute approximate surface area is 184 Å². The van der Waals surface area contributed by atoms with Crippen LogP contribution in [-0.4, -0.2) is 49.6 Å². The van der Waals surface area contributed by atoms with Crippen molar-refractivity contribution in [1.82, 2.24) is 4.90 Å². The van der Waals surface area contributed by atoms with E-state index in [-0.39, 0.29) is 19.0 Å². The Bertz CT molecular complexity index is 730. The maximum atomic E-state index is 14.3. The van der Waals surface area contributed by atoms with Gasteiger partial charge in [-0.25, -0.2) is 8.78 Å². The molecule has 6 heteroatoms. The van der Waals surface area contributed by atoms with Crippen molar-refractivity contribution in [2.24, 2.45) is 23.2 Å². The SMILES string of the molecule is CCOC(=O)CC1CC(C2CCN(C[C@@]3(COCc4ccccc4)CC3(F)F)CC2)C1. The minimum absolute atomic E-state index is 0.0626. The summed E-state index contributed by atoms with van der Waals surface area (Å²) in [4.78, 5) is 13.8. The van der Waals surface area contributed by atoms with E-state index in [4.69, 9.17) is 9.47 Å². The molecule has 0 N–H and O–H groups in total. The smallest absolute Gasteiger partial charge is 0.306 e. The summed E-state index contributed by atoms with van der Waals surface area (Å²) in [7, 11) is 0. The number of piperidine rings is 1. The van der Waals surface area contributed by atoms with Crippen molar-refractivity contribution >= 4 is 5.97 Å². The summed E-state index contributed by atoms with van der Waals surface area (Å²) in [5.74, 6) is -0.871. The molecule has 3 fully saturated rings. The Morgan fingerprint density at radius 2 is 1.81 bits per heavy atom. The maximum absolute atomic E-state index is 14.3. The highest BCUT2D eigenvalue weighted by Crippen LogP contribution is 2.61. The minimum atomic E-state index is -2.62. The van der Waals surface area contributed by atoms with Crippen LogP contribution in [0.1, 0.15) is 51.0 Å². The number of halogens is 2. The zero-order valence-electron chi connectivity index (χ0n) is 18.5. The van der Waals surface area contributed by atoms with Gasteiger partial charge in [0, 0.05) is 19.4 Å². The molecule has 1 saturated heterocycles. The van der Waals surface area contributed by atoms with Gasteiger partial charge in [0.25, 0.3) is 5.92 Å². The van der Waals surface area contributed by atoms with E-state index < -0.39 is 11.3 Å². The number of esters is 1. The van der Waals surface area contributed by atoms with E-state index in [0.29, 0.717) is 43.9 Å². The number of carbonyl (C=O) groups excluding carboxylic acids is 1. The van der Waals surface area contributed by atoms with Crippen LogP contribution >= 0.6 is 0 Å². The fourth-order valence-electron chi connectivity index (χ4n) is 5.50. The first-order valence-electron chi connectivity index (χ1n) is 11.8. The van der Waals surface area contributed by atoms with Crippen LogP contribution < -0.4 is 0 Å². The first kappa shape index (κ1) is 22.7. The van der Waals surface area contributed by atoms with Gasteiger partial charge in [-0.05, 0) is 69.0 Å². The monoisotopic (exact) mass is 435 g/mol. The van der Waals surface area contributed by atoms with Gasteiger partial charge < -0.3 is 14.4 Å². The molecular formula is C25H35F2NO3. The molecule has 0 amide bonds. The van der Waals surface area contributed by atoms with Crippen molar-refractivity contribution in [2.45, 2.75) is 58.0 Å². The Hall–Kier alpha value is -1.53. The average Bonchev–Trinajstić information content (AvgIpc) is 3.26. The van der Waals surface area contributed by atoms with Gasteiger partial charge in [-0.2, -0.15) is 0 Å². The van der Waals surface area contributed by atoms with E-state index in [0.717, 1.165) is 44.3 Å². The van der Waals surface area contributed by atoms with Crippen molar-refractivity contribution in [3.05, 3.63) is 35.9 Å². The normalized spacial score (nSPS) is 30.5. The summed E-state index contributed by atoms with van der Waals surface area (Å²) < 4.78 is 39.3. The van der Waals surface area contributed by atoms with E-state index >= 15 is 0 Å². The largest absolute Gasteiger partial charge is 0.466 e. The van der Waals surface area contributed by atoms with Crippen LogP contribution in [0.4, 0.5) is 8.78 Å². The van der Waals surface area contributed by atoms with Gasteiger partial charge in [0.1, 0.15) is 0 Å². The minimum Gasteiger partial charge on any atom is -0.466 e. The molecule has 0 radical (unpaired) electrons. The van der Waals surface area contributed by atoms with Gasteiger partial charge >= 0.3 is 5.97 Å². The Morgan fingerprint density at radius 3 is 2.42 bits per heavy atom. The molecule has 31 heavy (non-hydrogen) atoms. The molecule has 172 valence electrons. The average molecular weight is 436 g/mol. The van der Waals surface area contributed by atoms with E-state index in [1.165, 1.54) is 0 Å². The lowest BCUT2D eigenvalue weighted by Gasteiger charge is -2.44. The Balaban J connectivity index is 1.18. The predicted octanol–water partition coefficient (Wildman–Crippen LogP) is 4.92. The standard InChI is InChI=1S/C25H35F2NO3/c1-2-31-23(29)14-20-12-22(13-20)21-8-10-28(11-9-21)17-24(16-25(24,26)27)18-30-15-19-6-4-3-5-7-19/h3-7,20-22H,2,8-18H2,1H3/t20?,22?,24-/m1/s1. The molecule has 1 aromatic rings. The number of likely N-dealkylation sites (tertiary alicyclic amines) is 1. The molecule has 0 bridgehead atoms. The summed E-state index contributed by atoms with van der Waals surface area (Å²) in [5, 5.41) is 0. The summed E-state index contributed by atoms with van der Waals surface area (Å²) in [5.41, 5.74) is -0.000266. The van der Waals surface area contributed by atoms with Gasteiger partial charge in [-0.15, -0.1) is 0 Å². The Kier molecular flexibility index (Phi) is 6.97. The molecule has 0 spiro atoms. The van der Waals surface area contributed by atoms with E-state index in [1.54, 1.807) is 0 Å². The van der Waals surface area contributed by atoms with Gasteiger partial charge in [0.2, 0.25) is 0 Å². The third kappa shape index (κ3) is 5.46. The quantitative estimate of drug-likeness (QED) is 0.489. The van der Waals surface area contributed by atoms with Crippen LogP contribution in [0.3, 0.4) is 0 Å². The van der Waals surface area contributed by atoms with Crippen molar-refractivity contribution in [3.63, 3.8) is 0 Å². The molecule has 4 rings (SSSR count). The van der Waals surface area contributed by atoms with Crippen molar-refractivity contribution in [3.8, 4) is 0 Å². The van der Waals surface area contributed by atoms with E-state index in [9.17, 15) is 13.6 Å². The fourth-order valence-corrected chi connectivity index (χ4v) is 5.50. The molecule has 3 aliphatic rings. The highest BCUT2D eigenvalue weighted by Gasteiger charge is 2.71. The van der Waals surface area contributed by atoms with Gasteiger partial charge in [-0.1, -0.05) is 30.3 Å². The predicted molar refractivity (Wildman–Crippen MR) is 115 cm³/mol. The number of carbonyl (C=O) groups is 1. The number of benzene rings is 1. The molecule has 1 aromatic carbocycles. The molecule has 2 saturated carbocycles. The first-order chi connectivity index (χ1) is 14.9. The zero-order valence-corrected chi connectivity index (χ0v) is 18.5. The van der Waals surface area contributed by atoms with Crippen LogP contribution in [0.5, 0.6) is 0 Å². The fraction of sp³-hybridized carbons (Fsp3) is 0.720. The molecule has 1 atom stereocenters. The Morgan fingerprint density at radius 1 is 1.13 bits per heavy atom. The van der Waals surface area contributed by atoms with Crippen molar-refractivity contribution in [2.75, 3.05) is 32.8 Å². The number of nitrogens with zero attached hydrogens (tertiary/aromatic N) is 1. The lowest BCUT2D eigenvalue weighted by atomic mass is 9.65. The molecule has 1 heterocycles. The second kappa shape index (κ2) is 9.53. The van der Waals surface area contributed by atoms with Crippen molar-refractivity contribution < 1.29 is 23.0 Å². The highest BCUT2D eigenvalue weighted by atomic mass is 19.3. The second-order valence-corrected chi connectivity index (χ2v) is 9.86.